The fraction of sp³-hybridized carbons (Fsp3) is 0.143. The summed E-state index contributed by atoms with van der Waals surface area (Å²) in [5.41, 5.74) is 6.43. The van der Waals surface area contributed by atoms with E-state index in [-0.39, 0.29) is 0 Å². The summed E-state index contributed by atoms with van der Waals surface area (Å²) in [6.45, 7) is 4.16. The van der Waals surface area contributed by atoms with E-state index in [2.05, 4.69) is 66.1 Å². The minimum atomic E-state index is 0.732. The van der Waals surface area contributed by atoms with Crippen LogP contribution in [0.3, 0.4) is 0 Å². The topological polar surface area (TPSA) is 29.9 Å². The van der Waals surface area contributed by atoms with E-state index in [1.165, 1.54) is 31.6 Å². The summed E-state index contributed by atoms with van der Waals surface area (Å²) in [7, 11) is 2.09. The van der Waals surface area contributed by atoms with Crippen LogP contribution in [0.2, 0.25) is 0 Å². The van der Waals surface area contributed by atoms with Gasteiger partial charge in [0.25, 0.3) is 0 Å². The molecule has 5 rings (SSSR count). The van der Waals surface area contributed by atoms with Gasteiger partial charge in [0, 0.05) is 23.2 Å². The summed E-state index contributed by atoms with van der Waals surface area (Å²) in [6.07, 6.45) is 2.09. The molecule has 122 valence electrons. The zero-order chi connectivity index (χ0) is 17.1. The van der Waals surface area contributed by atoms with Crippen molar-refractivity contribution >= 4 is 42.8 Å². The number of benzene rings is 1. The van der Waals surface area contributed by atoms with Gasteiger partial charge in [0.05, 0.1) is 20.3 Å². The Morgan fingerprint density at radius 2 is 1.80 bits per heavy atom. The number of hydrogen-bond donors (Lipinski definition) is 0. The van der Waals surface area contributed by atoms with Gasteiger partial charge in [0.15, 0.2) is 11.8 Å². The van der Waals surface area contributed by atoms with Crippen LogP contribution in [0.15, 0.2) is 53.1 Å². The first-order valence-electron chi connectivity index (χ1n) is 8.30. The van der Waals surface area contributed by atoms with Crippen LogP contribution in [0, 0.1) is 13.8 Å². The van der Waals surface area contributed by atoms with Crippen LogP contribution in [0.1, 0.15) is 11.3 Å². The van der Waals surface area contributed by atoms with E-state index in [9.17, 15) is 0 Å². The number of fused-ring (bicyclic) bond motifs is 5. The molecular formula is C21H17N2OS+. The van der Waals surface area contributed by atoms with Gasteiger partial charge in [-0.3, -0.25) is 0 Å². The fourth-order valence-electron chi connectivity index (χ4n) is 3.50. The van der Waals surface area contributed by atoms with Gasteiger partial charge in [-0.15, -0.1) is 11.3 Å². The molecule has 0 aliphatic rings. The molecule has 4 heteroatoms. The van der Waals surface area contributed by atoms with Crippen molar-refractivity contribution in [1.82, 2.24) is 4.98 Å². The number of nitrogens with zero attached hydrogens (tertiary/aromatic N) is 2. The minimum Gasteiger partial charge on any atom is -0.436 e. The standard InChI is InChI=1S/C21H17N2OS/c1-12-7-9-14-18-20(15-10-8-13(2)22-21(15)24-18)25-19(14)17(12)16-6-4-5-11-23(16)3/h4-11H,1-3H3/q+1. The van der Waals surface area contributed by atoms with Crippen molar-refractivity contribution in [2.45, 2.75) is 13.8 Å². The van der Waals surface area contributed by atoms with Crippen LogP contribution >= 0.6 is 11.3 Å². The van der Waals surface area contributed by atoms with Crippen molar-refractivity contribution in [2.24, 2.45) is 7.05 Å². The van der Waals surface area contributed by atoms with Crippen LogP contribution in [0.25, 0.3) is 42.7 Å². The Labute approximate surface area is 149 Å². The first-order valence-corrected chi connectivity index (χ1v) is 9.12. The Balaban J connectivity index is 1.93. The van der Waals surface area contributed by atoms with Crippen LogP contribution in [0.4, 0.5) is 0 Å². The molecule has 25 heavy (non-hydrogen) atoms. The van der Waals surface area contributed by atoms with E-state index >= 15 is 0 Å². The molecule has 0 spiro atoms. The molecule has 3 nitrogen and oxygen atoms in total. The quantitative estimate of drug-likeness (QED) is 0.386. The zero-order valence-electron chi connectivity index (χ0n) is 14.3. The second-order valence-electron chi connectivity index (χ2n) is 6.50. The molecule has 4 heterocycles. The highest BCUT2D eigenvalue weighted by atomic mass is 32.1. The molecule has 5 aromatic rings. The third-order valence-electron chi connectivity index (χ3n) is 4.77. The Morgan fingerprint density at radius 3 is 2.64 bits per heavy atom. The lowest BCUT2D eigenvalue weighted by Crippen LogP contribution is -2.30. The second kappa shape index (κ2) is 5.14. The van der Waals surface area contributed by atoms with E-state index in [0.29, 0.717) is 0 Å². The van der Waals surface area contributed by atoms with Gasteiger partial charge in [0.1, 0.15) is 7.05 Å². The molecule has 0 aliphatic carbocycles. The number of furan rings is 1. The van der Waals surface area contributed by atoms with Gasteiger partial charge >= 0.3 is 0 Å². The summed E-state index contributed by atoms with van der Waals surface area (Å²) in [4.78, 5) is 4.54. The Morgan fingerprint density at radius 1 is 0.960 bits per heavy atom. The van der Waals surface area contributed by atoms with Crippen molar-refractivity contribution in [2.75, 3.05) is 0 Å². The minimum absolute atomic E-state index is 0.732. The van der Waals surface area contributed by atoms with Crippen molar-refractivity contribution in [1.29, 1.82) is 0 Å². The van der Waals surface area contributed by atoms with Crippen molar-refractivity contribution in [3.8, 4) is 11.3 Å². The summed E-state index contributed by atoms with van der Waals surface area (Å²) >= 11 is 1.80. The number of thiophene rings is 1. The van der Waals surface area contributed by atoms with E-state index in [1.807, 2.05) is 13.0 Å². The molecule has 1 aromatic carbocycles. The Kier molecular flexibility index (Phi) is 3.00. The summed E-state index contributed by atoms with van der Waals surface area (Å²) < 4.78 is 10.8. The molecule has 0 aliphatic heterocycles. The summed E-state index contributed by atoms with van der Waals surface area (Å²) in [5, 5.41) is 2.27. The number of rotatable bonds is 1. The van der Waals surface area contributed by atoms with Crippen LogP contribution in [-0.2, 0) is 7.05 Å². The fourth-order valence-corrected chi connectivity index (χ4v) is 4.85. The average Bonchev–Trinajstić information content (AvgIpc) is 3.11. The van der Waals surface area contributed by atoms with Crippen molar-refractivity contribution < 1.29 is 8.98 Å². The van der Waals surface area contributed by atoms with Crippen LogP contribution < -0.4 is 4.57 Å². The molecule has 4 aromatic heterocycles. The molecule has 0 saturated carbocycles. The lowest BCUT2D eigenvalue weighted by molar-refractivity contribution is -0.660. The monoisotopic (exact) mass is 345 g/mol. The van der Waals surface area contributed by atoms with Gasteiger partial charge in [-0.2, -0.15) is 0 Å². The highest BCUT2D eigenvalue weighted by Crippen LogP contribution is 2.44. The van der Waals surface area contributed by atoms with Gasteiger partial charge in [-0.05, 0) is 43.7 Å². The predicted octanol–water partition coefficient (Wildman–Crippen LogP) is 5.30. The lowest BCUT2D eigenvalue weighted by atomic mass is 10.0. The maximum atomic E-state index is 6.14. The maximum absolute atomic E-state index is 6.14. The average molecular weight is 345 g/mol. The van der Waals surface area contributed by atoms with Crippen molar-refractivity contribution in [3.63, 3.8) is 0 Å². The van der Waals surface area contributed by atoms with Gasteiger partial charge < -0.3 is 4.42 Å². The summed E-state index contributed by atoms with van der Waals surface area (Å²) in [5.74, 6) is 0. The number of aromatic nitrogens is 2. The van der Waals surface area contributed by atoms with E-state index in [4.69, 9.17) is 4.42 Å². The smallest absolute Gasteiger partial charge is 0.228 e. The second-order valence-corrected chi connectivity index (χ2v) is 7.52. The Bertz CT molecular complexity index is 1280. The molecule has 0 radical (unpaired) electrons. The van der Waals surface area contributed by atoms with E-state index in [0.717, 1.165) is 22.4 Å². The van der Waals surface area contributed by atoms with E-state index in [1.54, 1.807) is 11.3 Å². The third kappa shape index (κ3) is 2.04. The zero-order valence-corrected chi connectivity index (χ0v) is 15.1. The highest BCUT2D eigenvalue weighted by Gasteiger charge is 2.21. The molecule has 0 saturated heterocycles. The molecular weight excluding hydrogens is 328 g/mol. The highest BCUT2D eigenvalue weighted by molar-refractivity contribution is 7.27. The van der Waals surface area contributed by atoms with Gasteiger partial charge in [0.2, 0.25) is 11.4 Å². The first-order chi connectivity index (χ1) is 12.1. The SMILES string of the molecule is Cc1ccc2c(n1)oc1c3ccc(C)c(-c4cccc[n+]4C)c3sc21. The van der Waals surface area contributed by atoms with Crippen molar-refractivity contribution in [3.05, 3.63) is 59.9 Å². The van der Waals surface area contributed by atoms with Gasteiger partial charge in [-0.1, -0.05) is 6.07 Å². The molecule has 0 atom stereocenters. The maximum Gasteiger partial charge on any atom is 0.228 e. The summed E-state index contributed by atoms with van der Waals surface area (Å²) in [6, 6.07) is 14.8. The third-order valence-corrected chi connectivity index (χ3v) is 6.01. The van der Waals surface area contributed by atoms with Gasteiger partial charge in [-0.25, -0.2) is 9.55 Å². The lowest BCUT2D eigenvalue weighted by Gasteiger charge is -2.05. The largest absolute Gasteiger partial charge is 0.436 e. The molecule has 0 unspecified atom stereocenters. The van der Waals surface area contributed by atoms with E-state index < -0.39 is 0 Å². The Hall–Kier alpha value is -2.72. The molecule has 0 bridgehead atoms. The molecule has 0 amide bonds. The van der Waals surface area contributed by atoms with Crippen LogP contribution in [0.5, 0.6) is 0 Å². The number of pyridine rings is 2. The number of aryl methyl sites for hydroxylation is 3. The number of hydrogen-bond acceptors (Lipinski definition) is 3. The molecule has 0 N–H and O–H groups in total. The predicted molar refractivity (Wildman–Crippen MR) is 103 cm³/mol. The first kappa shape index (κ1) is 14.6. The molecule has 0 fully saturated rings. The van der Waals surface area contributed by atoms with Crippen LogP contribution in [-0.4, -0.2) is 4.98 Å². The normalized spacial score (nSPS) is 11.8.